The van der Waals surface area contributed by atoms with Crippen molar-refractivity contribution in [3.63, 3.8) is 0 Å². The number of rotatable bonds is 0. The van der Waals surface area contributed by atoms with Gasteiger partial charge in [-0.1, -0.05) is 0 Å². The summed E-state index contributed by atoms with van der Waals surface area (Å²) >= 11 is 5.19. The lowest BCUT2D eigenvalue weighted by molar-refractivity contribution is -0.137. The molecular weight excluding hydrogens is 131 g/mol. The van der Waals surface area contributed by atoms with Crippen LogP contribution in [-0.4, -0.2) is 23.7 Å². The van der Waals surface area contributed by atoms with Gasteiger partial charge in [-0.25, -0.2) is 4.79 Å². The fourth-order valence-electron chi connectivity index (χ4n) is 0.420. The summed E-state index contributed by atoms with van der Waals surface area (Å²) in [5.74, 6) is -0.978. The largest absolute Gasteiger partial charge is 0.456 e. The van der Waals surface area contributed by atoms with Gasteiger partial charge in [-0.3, -0.25) is 4.79 Å². The first-order valence-corrected chi connectivity index (χ1v) is 2.49. The predicted molar refractivity (Wildman–Crippen MR) is 25.6 cm³/mol. The van der Waals surface area contributed by atoms with Crippen molar-refractivity contribution in [3.05, 3.63) is 0 Å². The maximum absolute atomic E-state index is 10.3. The maximum atomic E-state index is 10.3. The van der Waals surface area contributed by atoms with Crippen LogP contribution in [0.4, 0.5) is 0 Å². The van der Waals surface area contributed by atoms with Gasteiger partial charge in [0.25, 0.3) is 0 Å². The van der Waals surface area contributed by atoms with Crippen molar-refractivity contribution in [2.45, 2.75) is 5.38 Å². The minimum atomic E-state index is -1.05. The number of ketones is 1. The summed E-state index contributed by atoms with van der Waals surface area (Å²) in [6.07, 6.45) is 0. The molecule has 0 bridgehead atoms. The molecule has 1 atom stereocenters. The van der Waals surface area contributed by atoms with E-state index in [1.165, 1.54) is 0 Å². The van der Waals surface area contributed by atoms with E-state index in [1.807, 2.05) is 0 Å². The second-order valence-electron chi connectivity index (χ2n) is 1.44. The molecule has 0 amide bonds. The minimum Gasteiger partial charge on any atom is -0.456 e. The van der Waals surface area contributed by atoms with Crippen molar-refractivity contribution in [2.75, 3.05) is 6.61 Å². The van der Waals surface area contributed by atoms with Gasteiger partial charge in [0.15, 0.2) is 17.8 Å². The van der Waals surface area contributed by atoms with E-state index in [-0.39, 0.29) is 12.4 Å². The van der Waals surface area contributed by atoms with Crippen LogP contribution in [0, 0.1) is 0 Å². The molecule has 1 aliphatic rings. The van der Waals surface area contributed by atoms with E-state index in [0.717, 1.165) is 0 Å². The van der Waals surface area contributed by atoms with Gasteiger partial charge in [0.05, 0.1) is 0 Å². The standard InChI is InChI=1S/C4H3ClO3/c5-3-2(6)1-8-4(3)7/h3H,1H2. The number of hydrogen-bond donors (Lipinski definition) is 0. The fraction of sp³-hybridized carbons (Fsp3) is 0.500. The number of carbonyl (C=O) groups is 2. The summed E-state index contributed by atoms with van der Waals surface area (Å²) in [7, 11) is 0. The topological polar surface area (TPSA) is 43.4 Å². The lowest BCUT2D eigenvalue weighted by Gasteiger charge is -1.84. The van der Waals surface area contributed by atoms with E-state index in [0.29, 0.717) is 0 Å². The molecule has 1 heterocycles. The second kappa shape index (κ2) is 1.74. The van der Waals surface area contributed by atoms with Crippen molar-refractivity contribution in [1.82, 2.24) is 0 Å². The predicted octanol–water partition coefficient (Wildman–Crippen LogP) is -0.280. The third-order valence-electron chi connectivity index (χ3n) is 0.846. The molecule has 1 fully saturated rings. The van der Waals surface area contributed by atoms with Gasteiger partial charge in [-0.05, 0) is 0 Å². The third-order valence-corrected chi connectivity index (χ3v) is 1.27. The summed E-state index contributed by atoms with van der Waals surface area (Å²) in [6, 6.07) is 0. The molecule has 1 rings (SSSR count). The zero-order valence-corrected chi connectivity index (χ0v) is 4.64. The molecule has 0 N–H and O–H groups in total. The van der Waals surface area contributed by atoms with Crippen LogP contribution in [-0.2, 0) is 14.3 Å². The number of hydrogen-bond acceptors (Lipinski definition) is 3. The van der Waals surface area contributed by atoms with Crippen LogP contribution < -0.4 is 0 Å². The van der Waals surface area contributed by atoms with Crippen LogP contribution in [0.1, 0.15) is 0 Å². The van der Waals surface area contributed by atoms with E-state index >= 15 is 0 Å². The number of esters is 1. The van der Waals surface area contributed by atoms with Gasteiger partial charge in [-0.15, -0.1) is 11.6 Å². The molecule has 0 aliphatic carbocycles. The Labute approximate surface area is 50.6 Å². The number of alkyl halides is 1. The first kappa shape index (κ1) is 5.56. The molecular formula is C4H3ClO3. The van der Waals surface area contributed by atoms with Crippen LogP contribution in [0.25, 0.3) is 0 Å². The molecule has 0 aromatic carbocycles. The van der Waals surface area contributed by atoms with Gasteiger partial charge in [0, 0.05) is 0 Å². The van der Waals surface area contributed by atoms with Crippen LogP contribution in [0.15, 0.2) is 0 Å². The molecule has 4 heteroatoms. The van der Waals surface area contributed by atoms with Gasteiger partial charge in [0.2, 0.25) is 0 Å². The van der Waals surface area contributed by atoms with E-state index in [9.17, 15) is 9.59 Å². The number of cyclic esters (lactones) is 1. The lowest BCUT2D eigenvalue weighted by atomic mass is 10.3. The molecule has 3 nitrogen and oxygen atoms in total. The van der Waals surface area contributed by atoms with E-state index in [1.54, 1.807) is 0 Å². The second-order valence-corrected chi connectivity index (χ2v) is 1.87. The molecule has 1 unspecified atom stereocenters. The normalized spacial score (nSPS) is 28.4. The number of Topliss-reactive ketones (excluding diaryl/α,β-unsaturated/α-hetero) is 1. The van der Waals surface area contributed by atoms with Gasteiger partial charge in [-0.2, -0.15) is 0 Å². The Morgan fingerprint density at radius 2 is 2.25 bits per heavy atom. The smallest absolute Gasteiger partial charge is 0.332 e. The number of halogens is 1. The number of ether oxygens (including phenoxy) is 1. The summed E-state index contributed by atoms with van der Waals surface area (Å²) in [5.41, 5.74) is 0. The molecule has 1 aliphatic heterocycles. The third kappa shape index (κ3) is 0.690. The Morgan fingerprint density at radius 1 is 1.62 bits per heavy atom. The highest BCUT2D eigenvalue weighted by Crippen LogP contribution is 2.07. The van der Waals surface area contributed by atoms with Crippen molar-refractivity contribution >= 4 is 23.4 Å². The van der Waals surface area contributed by atoms with Crippen molar-refractivity contribution in [3.8, 4) is 0 Å². The summed E-state index contributed by atoms with van der Waals surface area (Å²) < 4.78 is 4.26. The van der Waals surface area contributed by atoms with E-state index in [2.05, 4.69) is 4.74 Å². The Kier molecular flexibility index (Phi) is 1.21. The average molecular weight is 135 g/mol. The highest BCUT2D eigenvalue weighted by atomic mass is 35.5. The molecule has 1 saturated heterocycles. The Hall–Kier alpha value is -0.570. The number of carbonyl (C=O) groups excluding carboxylic acids is 2. The molecule has 0 saturated carbocycles. The highest BCUT2D eigenvalue weighted by Gasteiger charge is 2.32. The monoisotopic (exact) mass is 134 g/mol. The van der Waals surface area contributed by atoms with Crippen molar-refractivity contribution in [1.29, 1.82) is 0 Å². The maximum Gasteiger partial charge on any atom is 0.332 e. The summed E-state index contributed by atoms with van der Waals surface area (Å²) in [5, 5.41) is -1.05. The first-order chi connectivity index (χ1) is 3.72. The quantitative estimate of drug-likeness (QED) is 0.260. The zero-order valence-electron chi connectivity index (χ0n) is 3.89. The van der Waals surface area contributed by atoms with Crippen molar-refractivity contribution < 1.29 is 14.3 Å². The zero-order chi connectivity index (χ0) is 6.15. The first-order valence-electron chi connectivity index (χ1n) is 2.05. The van der Waals surface area contributed by atoms with Gasteiger partial charge >= 0.3 is 5.97 Å². The molecule has 0 spiro atoms. The SMILES string of the molecule is O=C1COC(=O)C1Cl. The molecule has 0 aromatic heterocycles. The fourth-order valence-corrected chi connectivity index (χ4v) is 0.546. The van der Waals surface area contributed by atoms with E-state index in [4.69, 9.17) is 11.6 Å². The molecule has 0 aromatic rings. The van der Waals surface area contributed by atoms with Crippen molar-refractivity contribution in [2.24, 2.45) is 0 Å². The lowest BCUT2D eigenvalue weighted by Crippen LogP contribution is -2.13. The van der Waals surface area contributed by atoms with Crippen LogP contribution in [0.5, 0.6) is 0 Å². The summed E-state index contributed by atoms with van der Waals surface area (Å²) in [6.45, 7) is -0.160. The van der Waals surface area contributed by atoms with Crippen LogP contribution in [0.3, 0.4) is 0 Å². The summed E-state index contributed by atoms with van der Waals surface area (Å²) in [4.78, 5) is 20.5. The van der Waals surface area contributed by atoms with Crippen LogP contribution in [0.2, 0.25) is 0 Å². The average Bonchev–Trinajstić information content (AvgIpc) is 1.98. The molecule has 0 radical (unpaired) electrons. The van der Waals surface area contributed by atoms with Gasteiger partial charge in [0.1, 0.15) is 0 Å². The Morgan fingerprint density at radius 3 is 2.38 bits per heavy atom. The Balaban J connectivity index is 2.70. The van der Waals surface area contributed by atoms with Crippen LogP contribution >= 0.6 is 11.6 Å². The van der Waals surface area contributed by atoms with Gasteiger partial charge < -0.3 is 4.74 Å². The van der Waals surface area contributed by atoms with E-state index < -0.39 is 11.3 Å². The highest BCUT2D eigenvalue weighted by molar-refractivity contribution is 6.42. The molecule has 8 heavy (non-hydrogen) atoms. The Bertz CT molecular complexity index is 126. The minimum absolute atomic E-state index is 0.160. The molecule has 44 valence electrons.